The molecule has 3 aromatic rings. The predicted octanol–water partition coefficient (Wildman–Crippen LogP) is 3.87. The van der Waals surface area contributed by atoms with Crippen LogP contribution in [0.4, 0.5) is 5.82 Å². The van der Waals surface area contributed by atoms with Crippen molar-refractivity contribution in [2.75, 3.05) is 26.6 Å². The van der Waals surface area contributed by atoms with Crippen LogP contribution in [0.3, 0.4) is 0 Å². The van der Waals surface area contributed by atoms with Crippen molar-refractivity contribution in [3.8, 4) is 17.2 Å². The minimum Gasteiger partial charge on any atom is -0.493 e. The van der Waals surface area contributed by atoms with Gasteiger partial charge in [0.25, 0.3) is 5.56 Å². The second-order valence-corrected chi connectivity index (χ2v) is 8.60. The van der Waals surface area contributed by atoms with Crippen molar-refractivity contribution in [1.29, 1.82) is 0 Å². The number of nitrogens with zero attached hydrogens (tertiary/aromatic N) is 1. The normalized spacial score (nSPS) is 14.9. The Balaban J connectivity index is 1.72. The number of rotatable bonds is 7. The van der Waals surface area contributed by atoms with Crippen molar-refractivity contribution < 1.29 is 19.0 Å². The van der Waals surface area contributed by atoms with Gasteiger partial charge in [0.2, 0.25) is 11.7 Å². The van der Waals surface area contributed by atoms with E-state index in [0.29, 0.717) is 39.3 Å². The number of methoxy groups -OCH3 is 3. The average molecular weight is 468 g/mol. The summed E-state index contributed by atoms with van der Waals surface area (Å²) >= 11 is 1.40. The molecular formula is C24H25N3O5S. The fourth-order valence-electron chi connectivity index (χ4n) is 3.92. The first-order chi connectivity index (χ1) is 15.9. The molecule has 33 heavy (non-hydrogen) atoms. The zero-order valence-electron chi connectivity index (χ0n) is 18.9. The van der Waals surface area contributed by atoms with Crippen LogP contribution >= 0.6 is 11.8 Å². The van der Waals surface area contributed by atoms with Gasteiger partial charge in [0.1, 0.15) is 5.82 Å². The third kappa shape index (κ3) is 4.54. The molecule has 0 saturated heterocycles. The molecule has 1 amide bonds. The number of amides is 1. The Kier molecular flexibility index (Phi) is 6.60. The number of benzene rings is 2. The first-order valence-corrected chi connectivity index (χ1v) is 11.3. The van der Waals surface area contributed by atoms with Gasteiger partial charge in [0.05, 0.1) is 26.9 Å². The molecule has 172 valence electrons. The van der Waals surface area contributed by atoms with Crippen LogP contribution in [-0.4, -0.2) is 37.2 Å². The van der Waals surface area contributed by atoms with E-state index >= 15 is 0 Å². The molecule has 0 fully saturated rings. The van der Waals surface area contributed by atoms with Gasteiger partial charge in [-0.25, -0.2) is 4.98 Å². The molecule has 1 aliphatic heterocycles. The van der Waals surface area contributed by atoms with Crippen LogP contribution in [0, 0.1) is 6.92 Å². The highest BCUT2D eigenvalue weighted by atomic mass is 32.2. The van der Waals surface area contributed by atoms with E-state index in [-0.39, 0.29) is 23.7 Å². The van der Waals surface area contributed by atoms with E-state index in [1.54, 1.807) is 12.1 Å². The summed E-state index contributed by atoms with van der Waals surface area (Å²) in [5.74, 6) is 1.45. The smallest absolute Gasteiger partial charge is 0.257 e. The van der Waals surface area contributed by atoms with Gasteiger partial charge in [-0.3, -0.25) is 9.59 Å². The lowest BCUT2D eigenvalue weighted by Crippen LogP contribution is -2.31. The summed E-state index contributed by atoms with van der Waals surface area (Å²) < 4.78 is 16.4. The second-order valence-electron chi connectivity index (χ2n) is 7.64. The van der Waals surface area contributed by atoms with Crippen LogP contribution in [0.5, 0.6) is 17.2 Å². The Morgan fingerprint density at radius 2 is 1.73 bits per heavy atom. The van der Waals surface area contributed by atoms with Crippen molar-refractivity contribution in [2.45, 2.75) is 30.2 Å². The fraction of sp³-hybridized carbons (Fsp3) is 0.292. The van der Waals surface area contributed by atoms with E-state index in [1.807, 2.05) is 31.2 Å². The molecule has 1 atom stereocenters. The number of carbonyl (C=O) groups excluding carboxylic acids is 1. The molecule has 0 aliphatic carbocycles. The Morgan fingerprint density at radius 3 is 2.39 bits per heavy atom. The van der Waals surface area contributed by atoms with Crippen molar-refractivity contribution in [3.63, 3.8) is 0 Å². The lowest BCUT2D eigenvalue weighted by Gasteiger charge is -2.26. The number of hydrogen-bond acceptors (Lipinski definition) is 7. The number of fused-ring (bicyclic) bond motifs is 1. The molecule has 1 aliphatic rings. The zero-order chi connectivity index (χ0) is 23.5. The Bertz CT molecular complexity index is 1240. The van der Waals surface area contributed by atoms with Crippen LogP contribution in [0.15, 0.2) is 46.3 Å². The molecule has 1 aromatic heterocycles. The molecular weight excluding hydrogens is 442 g/mol. The monoisotopic (exact) mass is 467 g/mol. The van der Waals surface area contributed by atoms with E-state index in [0.717, 1.165) is 5.56 Å². The maximum Gasteiger partial charge on any atom is 0.257 e. The molecule has 0 spiro atoms. The van der Waals surface area contributed by atoms with E-state index < -0.39 is 5.92 Å². The summed E-state index contributed by atoms with van der Waals surface area (Å²) in [4.78, 5) is 33.1. The number of carbonyl (C=O) groups is 1. The van der Waals surface area contributed by atoms with Crippen molar-refractivity contribution in [3.05, 3.63) is 69.0 Å². The summed E-state index contributed by atoms with van der Waals surface area (Å²) in [5.41, 5.74) is 3.04. The van der Waals surface area contributed by atoms with Crippen molar-refractivity contribution in [2.24, 2.45) is 0 Å². The third-order valence-electron chi connectivity index (χ3n) is 5.54. The van der Waals surface area contributed by atoms with Crippen LogP contribution in [-0.2, 0) is 10.5 Å². The number of aromatic amines is 1. The summed E-state index contributed by atoms with van der Waals surface area (Å²) in [7, 11) is 4.56. The van der Waals surface area contributed by atoms with E-state index in [1.165, 1.54) is 38.7 Å². The largest absolute Gasteiger partial charge is 0.493 e. The van der Waals surface area contributed by atoms with Crippen molar-refractivity contribution in [1.82, 2.24) is 9.97 Å². The van der Waals surface area contributed by atoms with Gasteiger partial charge < -0.3 is 24.5 Å². The number of H-pyrrole nitrogens is 1. The van der Waals surface area contributed by atoms with E-state index in [4.69, 9.17) is 14.2 Å². The number of hydrogen-bond donors (Lipinski definition) is 2. The maximum absolute atomic E-state index is 13.2. The average Bonchev–Trinajstić information content (AvgIpc) is 2.81. The van der Waals surface area contributed by atoms with Gasteiger partial charge in [-0.2, -0.15) is 0 Å². The number of ether oxygens (including phenoxy) is 3. The quantitative estimate of drug-likeness (QED) is 0.402. The molecule has 8 nitrogen and oxygen atoms in total. The van der Waals surface area contributed by atoms with Crippen LogP contribution in [0.25, 0.3) is 0 Å². The number of aromatic nitrogens is 2. The van der Waals surface area contributed by atoms with Crippen molar-refractivity contribution >= 4 is 23.5 Å². The highest BCUT2D eigenvalue weighted by Gasteiger charge is 2.34. The minimum absolute atomic E-state index is 0.0828. The number of thioether (sulfide) groups is 1. The van der Waals surface area contributed by atoms with Crippen LogP contribution in [0.2, 0.25) is 0 Å². The first-order valence-electron chi connectivity index (χ1n) is 10.4. The lowest BCUT2D eigenvalue weighted by molar-refractivity contribution is -0.116. The molecule has 2 aromatic carbocycles. The molecule has 2 N–H and O–H groups in total. The highest BCUT2D eigenvalue weighted by Crippen LogP contribution is 2.46. The molecule has 0 saturated carbocycles. The Hall–Kier alpha value is -3.46. The Morgan fingerprint density at radius 1 is 1.00 bits per heavy atom. The Labute approximate surface area is 195 Å². The predicted molar refractivity (Wildman–Crippen MR) is 127 cm³/mol. The number of anilines is 1. The fourth-order valence-corrected chi connectivity index (χ4v) is 4.74. The second kappa shape index (κ2) is 9.58. The number of nitrogens with one attached hydrogen (secondary N) is 2. The summed E-state index contributed by atoms with van der Waals surface area (Å²) in [6.07, 6.45) is 0.0828. The standard InChI is InChI=1S/C24H25N3O5S/c1-13-5-7-14(8-6-13)12-33-24-26-22-19(23(29)27-24)16(11-18(28)25-22)15-9-10-17(30-2)21(32-4)20(15)31-3/h5-10,16H,11-12H2,1-4H3,(H2,25,26,27,28,29)/t16-/m1/s1. The summed E-state index contributed by atoms with van der Waals surface area (Å²) in [5, 5.41) is 3.20. The summed E-state index contributed by atoms with van der Waals surface area (Å²) in [6, 6.07) is 11.7. The minimum atomic E-state index is -0.545. The first kappa shape index (κ1) is 22.7. The van der Waals surface area contributed by atoms with Gasteiger partial charge in [-0.15, -0.1) is 0 Å². The lowest BCUT2D eigenvalue weighted by atomic mass is 9.86. The SMILES string of the molecule is COc1ccc([C@H]2CC(=O)Nc3nc(SCc4ccc(C)cc4)[nH]c(=O)c32)c(OC)c1OC. The zero-order valence-corrected chi connectivity index (χ0v) is 19.7. The molecule has 0 bridgehead atoms. The topological polar surface area (TPSA) is 103 Å². The highest BCUT2D eigenvalue weighted by molar-refractivity contribution is 7.98. The van der Waals surface area contributed by atoms with Crippen LogP contribution in [0.1, 0.15) is 34.6 Å². The van der Waals surface area contributed by atoms with Gasteiger partial charge in [0, 0.05) is 23.7 Å². The van der Waals surface area contributed by atoms with Gasteiger partial charge >= 0.3 is 0 Å². The third-order valence-corrected chi connectivity index (χ3v) is 6.48. The van der Waals surface area contributed by atoms with Crippen LogP contribution < -0.4 is 25.1 Å². The molecule has 4 rings (SSSR count). The number of aryl methyl sites for hydroxylation is 1. The van der Waals surface area contributed by atoms with Gasteiger partial charge in [-0.1, -0.05) is 47.7 Å². The van der Waals surface area contributed by atoms with Gasteiger partial charge in [-0.05, 0) is 18.6 Å². The molecule has 0 radical (unpaired) electrons. The van der Waals surface area contributed by atoms with E-state index in [2.05, 4.69) is 15.3 Å². The van der Waals surface area contributed by atoms with Gasteiger partial charge in [0.15, 0.2) is 16.7 Å². The van der Waals surface area contributed by atoms with E-state index in [9.17, 15) is 9.59 Å². The molecule has 9 heteroatoms. The maximum atomic E-state index is 13.2. The molecule has 2 heterocycles. The summed E-state index contributed by atoms with van der Waals surface area (Å²) in [6.45, 7) is 2.03. The molecule has 0 unspecified atom stereocenters.